The third-order valence-electron chi connectivity index (χ3n) is 3.20. The van der Waals surface area contributed by atoms with E-state index in [1.807, 2.05) is 7.05 Å². The lowest BCUT2D eigenvalue weighted by molar-refractivity contribution is 0.457. The quantitative estimate of drug-likeness (QED) is 0.887. The lowest BCUT2D eigenvalue weighted by Crippen LogP contribution is -2.27. The van der Waals surface area contributed by atoms with Crippen molar-refractivity contribution in [3.63, 3.8) is 0 Å². The van der Waals surface area contributed by atoms with Crippen LogP contribution in [0.5, 0.6) is 0 Å². The van der Waals surface area contributed by atoms with Gasteiger partial charge in [-0.05, 0) is 50.0 Å². The van der Waals surface area contributed by atoms with Gasteiger partial charge in [0.25, 0.3) is 0 Å². The van der Waals surface area contributed by atoms with Gasteiger partial charge in [0.05, 0.1) is 0 Å². The van der Waals surface area contributed by atoms with E-state index in [0.29, 0.717) is 0 Å². The average Bonchev–Trinajstić information content (AvgIpc) is 2.31. The van der Waals surface area contributed by atoms with Gasteiger partial charge in [-0.2, -0.15) is 0 Å². The Bertz CT molecular complexity index is 312. The summed E-state index contributed by atoms with van der Waals surface area (Å²) in [4.78, 5) is 0. The molecule has 1 fully saturated rings. The first-order chi connectivity index (χ1) is 7.42. The van der Waals surface area contributed by atoms with Crippen LogP contribution in [0.1, 0.15) is 29.9 Å². The van der Waals surface area contributed by atoms with Crippen molar-refractivity contribution >= 4 is 24.8 Å². The molecule has 0 atom stereocenters. The van der Waals surface area contributed by atoms with Crippen LogP contribution in [0.4, 0.5) is 0 Å². The predicted molar refractivity (Wildman–Crippen MR) is 78.5 cm³/mol. The molecule has 98 valence electrons. The highest BCUT2D eigenvalue weighted by Crippen LogP contribution is 2.27. The lowest BCUT2D eigenvalue weighted by atomic mass is 9.87. The molecule has 1 aliphatic rings. The average molecular weight is 277 g/mol. The topological polar surface area (TPSA) is 24.1 Å². The number of rotatable bonds is 3. The molecule has 0 bridgehead atoms. The van der Waals surface area contributed by atoms with Crippen LogP contribution in [0, 0.1) is 0 Å². The van der Waals surface area contributed by atoms with Gasteiger partial charge in [-0.15, -0.1) is 24.8 Å². The molecule has 0 aromatic heterocycles. The molecule has 2 rings (SSSR count). The molecular formula is C13H22Cl2N2. The fraction of sp³-hybridized carbons (Fsp3) is 0.538. The Labute approximate surface area is 116 Å². The van der Waals surface area contributed by atoms with Crippen molar-refractivity contribution in [2.24, 2.45) is 0 Å². The lowest BCUT2D eigenvalue weighted by Gasteiger charge is -2.25. The third-order valence-corrected chi connectivity index (χ3v) is 3.20. The third kappa shape index (κ3) is 4.47. The Balaban J connectivity index is 0.00000128. The van der Waals surface area contributed by atoms with Gasteiger partial charge >= 0.3 is 0 Å². The van der Waals surface area contributed by atoms with E-state index in [0.717, 1.165) is 12.5 Å². The molecule has 1 aliphatic heterocycles. The summed E-state index contributed by atoms with van der Waals surface area (Å²) < 4.78 is 0. The molecule has 1 saturated heterocycles. The minimum atomic E-state index is 0. The number of nitrogens with one attached hydrogen (secondary N) is 2. The van der Waals surface area contributed by atoms with E-state index >= 15 is 0 Å². The second-order valence-electron chi connectivity index (χ2n) is 4.25. The zero-order chi connectivity index (χ0) is 10.5. The largest absolute Gasteiger partial charge is 0.317 e. The van der Waals surface area contributed by atoms with Gasteiger partial charge in [0, 0.05) is 6.54 Å². The van der Waals surface area contributed by atoms with E-state index in [-0.39, 0.29) is 24.8 Å². The van der Waals surface area contributed by atoms with E-state index < -0.39 is 0 Å². The molecule has 0 unspecified atom stereocenters. The standard InChI is InChI=1S/C13H20N2.2ClH/c1-14-10-12-4-2-3-5-13(12)11-6-8-15-9-7-11;;/h2-5,11,14-15H,6-10H2,1H3;2*1H. The molecule has 0 saturated carbocycles. The predicted octanol–water partition coefficient (Wildman–Crippen LogP) is 2.72. The fourth-order valence-electron chi connectivity index (χ4n) is 2.42. The summed E-state index contributed by atoms with van der Waals surface area (Å²) in [5.74, 6) is 0.760. The van der Waals surface area contributed by atoms with E-state index in [2.05, 4.69) is 34.9 Å². The van der Waals surface area contributed by atoms with Crippen molar-refractivity contribution in [2.75, 3.05) is 20.1 Å². The molecule has 1 heterocycles. The summed E-state index contributed by atoms with van der Waals surface area (Å²) in [6.45, 7) is 3.32. The van der Waals surface area contributed by atoms with E-state index in [4.69, 9.17) is 0 Å². The molecule has 1 aromatic carbocycles. The molecule has 0 radical (unpaired) electrons. The summed E-state index contributed by atoms with van der Waals surface area (Å²) in [7, 11) is 2.01. The van der Waals surface area contributed by atoms with Crippen LogP contribution in [0.25, 0.3) is 0 Å². The number of hydrogen-bond donors (Lipinski definition) is 2. The molecule has 4 heteroatoms. The molecule has 2 N–H and O–H groups in total. The minimum absolute atomic E-state index is 0. The van der Waals surface area contributed by atoms with Crippen molar-refractivity contribution in [2.45, 2.75) is 25.3 Å². The highest BCUT2D eigenvalue weighted by molar-refractivity contribution is 5.85. The van der Waals surface area contributed by atoms with Crippen molar-refractivity contribution < 1.29 is 0 Å². The van der Waals surface area contributed by atoms with Crippen LogP contribution >= 0.6 is 24.8 Å². The smallest absolute Gasteiger partial charge is 0.0205 e. The summed E-state index contributed by atoms with van der Waals surface area (Å²) in [5, 5.41) is 6.67. The Hall–Kier alpha value is -0.280. The minimum Gasteiger partial charge on any atom is -0.317 e. The van der Waals surface area contributed by atoms with Crippen LogP contribution in [-0.4, -0.2) is 20.1 Å². The van der Waals surface area contributed by atoms with Crippen molar-refractivity contribution in [1.82, 2.24) is 10.6 Å². The van der Waals surface area contributed by atoms with Crippen LogP contribution in [-0.2, 0) is 6.54 Å². The maximum absolute atomic E-state index is 3.42. The van der Waals surface area contributed by atoms with E-state index in [9.17, 15) is 0 Å². The van der Waals surface area contributed by atoms with Crippen LogP contribution in [0.3, 0.4) is 0 Å². The Morgan fingerprint density at radius 1 is 1.18 bits per heavy atom. The zero-order valence-corrected chi connectivity index (χ0v) is 11.9. The van der Waals surface area contributed by atoms with E-state index in [1.54, 1.807) is 5.56 Å². The van der Waals surface area contributed by atoms with Gasteiger partial charge in [0.1, 0.15) is 0 Å². The summed E-state index contributed by atoms with van der Waals surface area (Å²) in [6.07, 6.45) is 2.56. The first kappa shape index (κ1) is 16.7. The monoisotopic (exact) mass is 276 g/mol. The SMILES string of the molecule is CNCc1ccccc1C1CCNCC1.Cl.Cl. The number of benzene rings is 1. The van der Waals surface area contributed by atoms with Crippen LogP contribution in [0.2, 0.25) is 0 Å². The summed E-state index contributed by atoms with van der Waals surface area (Å²) >= 11 is 0. The van der Waals surface area contributed by atoms with Crippen LogP contribution < -0.4 is 10.6 Å². The normalized spacial score (nSPS) is 15.8. The highest BCUT2D eigenvalue weighted by Gasteiger charge is 2.17. The maximum Gasteiger partial charge on any atom is 0.0205 e. The molecule has 0 amide bonds. The van der Waals surface area contributed by atoms with Gasteiger partial charge in [0.15, 0.2) is 0 Å². The first-order valence-corrected chi connectivity index (χ1v) is 5.85. The van der Waals surface area contributed by atoms with Crippen molar-refractivity contribution in [1.29, 1.82) is 0 Å². The fourth-order valence-corrected chi connectivity index (χ4v) is 2.42. The van der Waals surface area contributed by atoms with Crippen molar-refractivity contribution in [3.05, 3.63) is 35.4 Å². The molecule has 2 nitrogen and oxygen atoms in total. The highest BCUT2D eigenvalue weighted by atomic mass is 35.5. The van der Waals surface area contributed by atoms with Gasteiger partial charge in [0.2, 0.25) is 0 Å². The molecule has 0 spiro atoms. The van der Waals surface area contributed by atoms with Gasteiger partial charge < -0.3 is 10.6 Å². The van der Waals surface area contributed by atoms with Crippen LogP contribution in [0.15, 0.2) is 24.3 Å². The van der Waals surface area contributed by atoms with Gasteiger partial charge in [-0.1, -0.05) is 24.3 Å². The number of hydrogen-bond acceptors (Lipinski definition) is 2. The Kier molecular flexibility index (Phi) is 8.61. The molecule has 17 heavy (non-hydrogen) atoms. The second-order valence-corrected chi connectivity index (χ2v) is 4.25. The molecule has 0 aliphatic carbocycles. The Morgan fingerprint density at radius 2 is 1.82 bits per heavy atom. The summed E-state index contributed by atoms with van der Waals surface area (Å²) in [5.41, 5.74) is 3.01. The van der Waals surface area contributed by atoms with Gasteiger partial charge in [-0.25, -0.2) is 0 Å². The molecule has 1 aromatic rings. The van der Waals surface area contributed by atoms with E-state index in [1.165, 1.54) is 31.5 Å². The zero-order valence-electron chi connectivity index (χ0n) is 10.2. The Morgan fingerprint density at radius 3 is 2.47 bits per heavy atom. The summed E-state index contributed by atoms with van der Waals surface area (Å²) in [6, 6.07) is 8.84. The van der Waals surface area contributed by atoms with Gasteiger partial charge in [-0.3, -0.25) is 0 Å². The second kappa shape index (κ2) is 8.76. The van der Waals surface area contributed by atoms with Crippen molar-refractivity contribution in [3.8, 4) is 0 Å². The first-order valence-electron chi connectivity index (χ1n) is 5.85. The molecular weight excluding hydrogens is 255 g/mol. The number of piperidine rings is 1. The number of halogens is 2. The maximum atomic E-state index is 3.42.